The first-order chi connectivity index (χ1) is 8.74. The lowest BCUT2D eigenvalue weighted by molar-refractivity contribution is 0.568. The van der Waals surface area contributed by atoms with Crippen LogP contribution in [0.1, 0.15) is 10.4 Å². The van der Waals surface area contributed by atoms with Crippen molar-refractivity contribution in [1.29, 1.82) is 0 Å². The van der Waals surface area contributed by atoms with Crippen molar-refractivity contribution >= 4 is 11.3 Å². The predicted molar refractivity (Wildman–Crippen MR) is 72.5 cm³/mol. The Bertz CT molecular complexity index is 651. The van der Waals surface area contributed by atoms with Crippen LogP contribution in [0.5, 0.6) is 0 Å². The molecule has 3 aromatic rings. The third-order valence-corrected chi connectivity index (χ3v) is 4.12. The quantitative estimate of drug-likeness (QED) is 0.693. The average molecular weight is 256 g/mol. The van der Waals surface area contributed by atoms with Crippen LogP contribution < -0.4 is 0 Å². The highest BCUT2D eigenvalue weighted by atomic mass is 32.1. The molecule has 2 aromatic heterocycles. The third kappa shape index (κ3) is 1.95. The summed E-state index contributed by atoms with van der Waals surface area (Å²) in [4.78, 5) is 2.62. The number of rotatable bonds is 2. The van der Waals surface area contributed by atoms with Crippen LogP contribution in [0.15, 0.2) is 41.1 Å². The van der Waals surface area contributed by atoms with Crippen molar-refractivity contribution in [2.75, 3.05) is 0 Å². The minimum Gasteiger partial charge on any atom is -0.423 e. The average Bonchev–Trinajstić information content (AvgIpc) is 3.01. The SMILES string of the molecule is Cc1cc(-c2cccc(-c3nnco3)c2)sc1C. The van der Waals surface area contributed by atoms with Crippen LogP contribution >= 0.6 is 11.3 Å². The van der Waals surface area contributed by atoms with E-state index in [0.717, 1.165) is 5.56 Å². The molecule has 0 fully saturated rings. The molecule has 0 saturated carbocycles. The molecule has 0 saturated heterocycles. The Morgan fingerprint density at radius 2 is 1.94 bits per heavy atom. The zero-order chi connectivity index (χ0) is 12.5. The second kappa shape index (κ2) is 4.38. The fourth-order valence-corrected chi connectivity index (χ4v) is 2.85. The second-order valence-corrected chi connectivity index (χ2v) is 5.43. The molecule has 0 radical (unpaired) electrons. The summed E-state index contributed by atoms with van der Waals surface area (Å²) in [7, 11) is 0. The molecule has 0 amide bonds. The number of benzene rings is 1. The molecule has 0 aliphatic carbocycles. The summed E-state index contributed by atoms with van der Waals surface area (Å²) >= 11 is 1.81. The van der Waals surface area contributed by atoms with Gasteiger partial charge in [0.15, 0.2) is 0 Å². The highest BCUT2D eigenvalue weighted by Crippen LogP contribution is 2.32. The first kappa shape index (κ1) is 11.2. The molecule has 1 aromatic carbocycles. The summed E-state index contributed by atoms with van der Waals surface area (Å²) in [6, 6.07) is 10.4. The highest BCUT2D eigenvalue weighted by Gasteiger charge is 2.08. The molecule has 0 N–H and O–H groups in total. The normalized spacial score (nSPS) is 10.8. The summed E-state index contributed by atoms with van der Waals surface area (Å²) < 4.78 is 5.22. The number of aromatic nitrogens is 2. The van der Waals surface area contributed by atoms with Gasteiger partial charge in [0.25, 0.3) is 0 Å². The van der Waals surface area contributed by atoms with E-state index in [0.29, 0.717) is 5.89 Å². The van der Waals surface area contributed by atoms with Crippen molar-refractivity contribution in [2.45, 2.75) is 13.8 Å². The smallest absolute Gasteiger partial charge is 0.247 e. The van der Waals surface area contributed by atoms with Crippen LogP contribution in [0.3, 0.4) is 0 Å². The summed E-state index contributed by atoms with van der Waals surface area (Å²) in [5.41, 5.74) is 3.47. The first-order valence-corrected chi connectivity index (χ1v) is 6.50. The monoisotopic (exact) mass is 256 g/mol. The molecule has 0 bridgehead atoms. The van der Waals surface area contributed by atoms with Gasteiger partial charge in [-0.2, -0.15) is 0 Å². The fraction of sp³-hybridized carbons (Fsp3) is 0.143. The minimum atomic E-state index is 0.557. The van der Waals surface area contributed by atoms with Gasteiger partial charge in [0.05, 0.1) is 0 Å². The predicted octanol–water partition coefficient (Wildman–Crippen LogP) is 4.08. The van der Waals surface area contributed by atoms with Crippen molar-refractivity contribution < 1.29 is 4.42 Å². The lowest BCUT2D eigenvalue weighted by Gasteiger charge is -1.99. The van der Waals surface area contributed by atoms with E-state index < -0.39 is 0 Å². The van der Waals surface area contributed by atoms with Gasteiger partial charge in [-0.3, -0.25) is 0 Å². The fourth-order valence-electron chi connectivity index (χ4n) is 1.82. The van der Waals surface area contributed by atoms with Gasteiger partial charge in [0, 0.05) is 15.3 Å². The van der Waals surface area contributed by atoms with Crippen LogP contribution in [0.2, 0.25) is 0 Å². The number of hydrogen-bond acceptors (Lipinski definition) is 4. The number of aryl methyl sites for hydroxylation is 2. The first-order valence-electron chi connectivity index (χ1n) is 5.68. The molecule has 3 nitrogen and oxygen atoms in total. The maximum Gasteiger partial charge on any atom is 0.247 e. The molecule has 0 atom stereocenters. The molecule has 2 heterocycles. The number of thiophene rings is 1. The lowest BCUT2D eigenvalue weighted by atomic mass is 10.1. The van der Waals surface area contributed by atoms with Crippen LogP contribution in [0, 0.1) is 13.8 Å². The lowest BCUT2D eigenvalue weighted by Crippen LogP contribution is -1.79. The topological polar surface area (TPSA) is 38.9 Å². The molecule has 0 aliphatic heterocycles. The summed E-state index contributed by atoms with van der Waals surface area (Å²) in [6.07, 6.45) is 1.35. The molecule has 90 valence electrons. The zero-order valence-electron chi connectivity index (χ0n) is 10.2. The Balaban J connectivity index is 2.06. The Hall–Kier alpha value is -1.94. The molecular formula is C14H12N2OS. The molecular weight excluding hydrogens is 244 g/mol. The maximum absolute atomic E-state index is 5.22. The summed E-state index contributed by atoms with van der Waals surface area (Å²) in [5.74, 6) is 0.557. The van der Waals surface area contributed by atoms with Crippen molar-refractivity contribution in [2.24, 2.45) is 0 Å². The van der Waals surface area contributed by atoms with E-state index in [1.54, 1.807) is 11.3 Å². The molecule has 18 heavy (non-hydrogen) atoms. The number of nitrogens with zero attached hydrogens (tertiary/aromatic N) is 2. The van der Waals surface area contributed by atoms with E-state index in [9.17, 15) is 0 Å². The van der Waals surface area contributed by atoms with E-state index in [-0.39, 0.29) is 0 Å². The van der Waals surface area contributed by atoms with E-state index >= 15 is 0 Å². The van der Waals surface area contributed by atoms with Gasteiger partial charge in [-0.05, 0) is 43.2 Å². The van der Waals surface area contributed by atoms with Crippen LogP contribution in [0.4, 0.5) is 0 Å². The third-order valence-electron chi connectivity index (χ3n) is 2.92. The van der Waals surface area contributed by atoms with Gasteiger partial charge >= 0.3 is 0 Å². The molecule has 0 spiro atoms. The Morgan fingerprint density at radius 1 is 1.11 bits per heavy atom. The Morgan fingerprint density at radius 3 is 2.61 bits per heavy atom. The van der Waals surface area contributed by atoms with Crippen LogP contribution in [-0.4, -0.2) is 10.2 Å². The van der Waals surface area contributed by atoms with Gasteiger partial charge in [-0.15, -0.1) is 21.5 Å². The maximum atomic E-state index is 5.22. The van der Waals surface area contributed by atoms with Gasteiger partial charge < -0.3 is 4.42 Å². The van der Waals surface area contributed by atoms with Crippen LogP contribution in [0.25, 0.3) is 21.9 Å². The van der Waals surface area contributed by atoms with Crippen molar-refractivity contribution in [1.82, 2.24) is 10.2 Å². The number of hydrogen-bond donors (Lipinski definition) is 0. The van der Waals surface area contributed by atoms with Crippen molar-refractivity contribution in [3.05, 3.63) is 47.2 Å². The summed E-state index contributed by atoms with van der Waals surface area (Å²) in [6.45, 7) is 4.28. The molecule has 0 aliphatic rings. The van der Waals surface area contributed by atoms with E-state index in [1.807, 2.05) is 12.1 Å². The van der Waals surface area contributed by atoms with Crippen molar-refractivity contribution in [3.63, 3.8) is 0 Å². The Kier molecular flexibility index (Phi) is 2.72. The van der Waals surface area contributed by atoms with Gasteiger partial charge in [-0.25, -0.2) is 0 Å². The molecule has 3 rings (SSSR count). The Labute approximate surface area is 109 Å². The standard InChI is InChI=1S/C14H12N2OS/c1-9-6-13(18-10(9)2)11-4-3-5-12(7-11)14-16-15-8-17-14/h3-8H,1-2H3. The second-order valence-electron chi connectivity index (χ2n) is 4.17. The molecule has 4 heteroatoms. The van der Waals surface area contributed by atoms with Gasteiger partial charge in [0.2, 0.25) is 12.3 Å². The van der Waals surface area contributed by atoms with Crippen molar-refractivity contribution in [3.8, 4) is 21.9 Å². The molecule has 0 unspecified atom stereocenters. The minimum absolute atomic E-state index is 0.557. The van der Waals surface area contributed by atoms with E-state index in [1.165, 1.54) is 27.3 Å². The highest BCUT2D eigenvalue weighted by molar-refractivity contribution is 7.15. The van der Waals surface area contributed by atoms with E-state index in [2.05, 4.69) is 42.2 Å². The van der Waals surface area contributed by atoms with Gasteiger partial charge in [-0.1, -0.05) is 12.1 Å². The van der Waals surface area contributed by atoms with Gasteiger partial charge in [0.1, 0.15) is 0 Å². The summed E-state index contributed by atoms with van der Waals surface area (Å²) in [5, 5.41) is 7.64. The van der Waals surface area contributed by atoms with Crippen LogP contribution in [-0.2, 0) is 0 Å². The van der Waals surface area contributed by atoms with E-state index in [4.69, 9.17) is 4.42 Å². The zero-order valence-corrected chi connectivity index (χ0v) is 11.0. The largest absolute Gasteiger partial charge is 0.423 e.